The topological polar surface area (TPSA) is 86.0 Å². The van der Waals surface area contributed by atoms with Crippen molar-refractivity contribution in [3.63, 3.8) is 0 Å². The average molecular weight is 498 g/mol. The van der Waals surface area contributed by atoms with Crippen LogP contribution >= 0.6 is 0 Å². The first-order valence-corrected chi connectivity index (χ1v) is 14.4. The van der Waals surface area contributed by atoms with E-state index in [-0.39, 0.29) is 24.0 Å². The SMILES string of the molecule is CCCCC[C@H](O)C=C[C@@H]1CCC(=NO)[C@@H]1CCCCCCC(=O)N1CCCC[C@@H]1c1cccnc1. The number of carbonyl (C=O) groups is 1. The van der Waals surface area contributed by atoms with Crippen molar-refractivity contribution in [3.8, 4) is 0 Å². The Morgan fingerprint density at radius 2 is 2.06 bits per heavy atom. The summed E-state index contributed by atoms with van der Waals surface area (Å²) >= 11 is 0. The Kier molecular flexibility index (Phi) is 12.5. The Morgan fingerprint density at radius 3 is 2.83 bits per heavy atom. The molecule has 2 N–H and O–H groups in total. The van der Waals surface area contributed by atoms with Crippen LogP contribution in [-0.4, -0.2) is 44.5 Å². The number of pyridine rings is 1. The highest BCUT2D eigenvalue weighted by Gasteiger charge is 2.31. The molecule has 0 aromatic carbocycles. The largest absolute Gasteiger partial charge is 0.411 e. The lowest BCUT2D eigenvalue weighted by atomic mass is 9.89. The number of piperidine rings is 1. The predicted octanol–water partition coefficient (Wildman–Crippen LogP) is 6.83. The van der Waals surface area contributed by atoms with Crippen molar-refractivity contribution in [2.75, 3.05) is 6.54 Å². The zero-order valence-corrected chi connectivity index (χ0v) is 22.2. The van der Waals surface area contributed by atoms with E-state index in [4.69, 9.17) is 0 Å². The number of hydrogen-bond acceptors (Lipinski definition) is 5. The summed E-state index contributed by atoms with van der Waals surface area (Å²) in [6.07, 6.45) is 22.5. The Hall–Kier alpha value is -2.21. The van der Waals surface area contributed by atoms with Crippen molar-refractivity contribution in [2.45, 2.75) is 115 Å². The minimum absolute atomic E-state index is 0.175. The third-order valence-electron chi connectivity index (χ3n) is 8.04. The van der Waals surface area contributed by atoms with Gasteiger partial charge in [-0.2, -0.15) is 0 Å². The first-order chi connectivity index (χ1) is 17.6. The van der Waals surface area contributed by atoms with Gasteiger partial charge in [0.1, 0.15) is 0 Å². The molecule has 1 saturated heterocycles. The van der Waals surface area contributed by atoms with E-state index in [2.05, 4.69) is 34.1 Å². The van der Waals surface area contributed by atoms with Gasteiger partial charge < -0.3 is 15.2 Å². The van der Waals surface area contributed by atoms with Gasteiger partial charge in [-0.15, -0.1) is 0 Å². The van der Waals surface area contributed by atoms with Gasteiger partial charge in [0.2, 0.25) is 5.91 Å². The molecule has 0 unspecified atom stereocenters. The number of amides is 1. The lowest BCUT2D eigenvalue weighted by molar-refractivity contribution is -0.135. The number of rotatable bonds is 14. The monoisotopic (exact) mass is 497 g/mol. The molecule has 0 bridgehead atoms. The van der Waals surface area contributed by atoms with Crippen LogP contribution in [0.1, 0.15) is 115 Å². The van der Waals surface area contributed by atoms with Gasteiger partial charge >= 0.3 is 0 Å². The lowest BCUT2D eigenvalue weighted by Gasteiger charge is -2.36. The molecular weight excluding hydrogens is 450 g/mol. The molecule has 1 amide bonds. The first kappa shape index (κ1) is 28.4. The quantitative estimate of drug-likeness (QED) is 0.128. The van der Waals surface area contributed by atoms with Crippen molar-refractivity contribution in [1.82, 2.24) is 9.88 Å². The second-order valence-corrected chi connectivity index (χ2v) is 10.7. The number of aliphatic hydroxyl groups is 1. The number of carbonyl (C=O) groups excluding carboxylic acids is 1. The number of unbranched alkanes of at least 4 members (excludes halogenated alkanes) is 5. The predicted molar refractivity (Wildman–Crippen MR) is 145 cm³/mol. The fourth-order valence-corrected chi connectivity index (χ4v) is 5.94. The molecule has 0 spiro atoms. The smallest absolute Gasteiger partial charge is 0.223 e. The maximum atomic E-state index is 13.0. The number of likely N-dealkylation sites (tertiary alicyclic amines) is 1. The highest BCUT2D eigenvalue weighted by Crippen LogP contribution is 2.35. The van der Waals surface area contributed by atoms with Crippen LogP contribution < -0.4 is 0 Å². The molecule has 2 heterocycles. The Balaban J connectivity index is 1.38. The summed E-state index contributed by atoms with van der Waals surface area (Å²) in [6, 6.07) is 4.22. The molecule has 1 aliphatic heterocycles. The second-order valence-electron chi connectivity index (χ2n) is 10.7. The molecule has 1 aromatic heterocycles. The molecule has 4 atom stereocenters. The van der Waals surface area contributed by atoms with Gasteiger partial charge in [0.25, 0.3) is 0 Å². The first-order valence-electron chi connectivity index (χ1n) is 14.4. The summed E-state index contributed by atoms with van der Waals surface area (Å²) in [6.45, 7) is 3.03. The van der Waals surface area contributed by atoms with E-state index in [0.29, 0.717) is 12.3 Å². The van der Waals surface area contributed by atoms with E-state index >= 15 is 0 Å². The van der Waals surface area contributed by atoms with Gasteiger partial charge in [-0.25, -0.2) is 0 Å². The number of nitrogens with zero attached hydrogens (tertiary/aromatic N) is 3. The van der Waals surface area contributed by atoms with Crippen molar-refractivity contribution in [2.24, 2.45) is 17.0 Å². The average Bonchev–Trinajstić information content (AvgIpc) is 3.31. The van der Waals surface area contributed by atoms with Crippen LogP contribution in [0.5, 0.6) is 0 Å². The van der Waals surface area contributed by atoms with Crippen molar-refractivity contribution in [3.05, 3.63) is 42.2 Å². The Bertz CT molecular complexity index is 826. The summed E-state index contributed by atoms with van der Waals surface area (Å²) in [5, 5.41) is 23.3. The maximum Gasteiger partial charge on any atom is 0.223 e. The fraction of sp³-hybridized carbons (Fsp3) is 0.700. The molecule has 1 aliphatic carbocycles. The molecule has 200 valence electrons. The zero-order valence-electron chi connectivity index (χ0n) is 22.2. The Labute approximate surface area is 217 Å². The minimum Gasteiger partial charge on any atom is -0.411 e. The molecule has 0 radical (unpaired) electrons. The molecule has 2 aliphatic rings. The summed E-state index contributed by atoms with van der Waals surface area (Å²) in [5.74, 6) is 0.892. The van der Waals surface area contributed by atoms with Crippen LogP contribution in [0.3, 0.4) is 0 Å². The maximum absolute atomic E-state index is 13.0. The van der Waals surface area contributed by atoms with Gasteiger partial charge in [-0.1, -0.05) is 68.8 Å². The standard InChI is InChI=1S/C30H47N3O3/c1-2-3-6-13-26(34)19-17-24-18-20-28(32-36)27(24)14-7-4-5-8-16-30(35)33-22-10-9-15-29(33)25-12-11-21-31-23-25/h11-12,17,19,21,23-24,26-27,29,34,36H,2-10,13-16,18,20,22H2,1H3/t24-,26+,27-,29-/m1/s1. The van der Waals surface area contributed by atoms with Crippen molar-refractivity contribution >= 4 is 11.6 Å². The van der Waals surface area contributed by atoms with Gasteiger partial charge in [-0.05, 0) is 68.9 Å². The van der Waals surface area contributed by atoms with Gasteiger partial charge in [0, 0.05) is 31.3 Å². The van der Waals surface area contributed by atoms with E-state index < -0.39 is 0 Å². The number of oxime groups is 1. The van der Waals surface area contributed by atoms with Crippen LogP contribution in [0.15, 0.2) is 41.8 Å². The highest BCUT2D eigenvalue weighted by molar-refractivity contribution is 5.88. The van der Waals surface area contributed by atoms with Gasteiger partial charge in [0.15, 0.2) is 0 Å². The van der Waals surface area contributed by atoms with E-state index in [1.54, 1.807) is 6.20 Å². The number of aromatic nitrogens is 1. The van der Waals surface area contributed by atoms with Gasteiger partial charge in [-0.3, -0.25) is 9.78 Å². The van der Waals surface area contributed by atoms with Gasteiger partial charge in [0.05, 0.1) is 17.9 Å². The molecular formula is C30H47N3O3. The number of allylic oxidation sites excluding steroid dienone is 1. The van der Waals surface area contributed by atoms with Crippen LogP contribution in [-0.2, 0) is 4.79 Å². The summed E-state index contributed by atoms with van der Waals surface area (Å²) < 4.78 is 0. The molecule has 6 nitrogen and oxygen atoms in total. The molecule has 6 heteroatoms. The lowest BCUT2D eigenvalue weighted by Crippen LogP contribution is -2.38. The number of aliphatic hydroxyl groups excluding tert-OH is 1. The summed E-state index contributed by atoms with van der Waals surface area (Å²) in [5.41, 5.74) is 2.06. The fourth-order valence-electron chi connectivity index (χ4n) is 5.94. The molecule has 2 fully saturated rings. The molecule has 3 rings (SSSR count). The van der Waals surface area contributed by atoms with E-state index in [1.165, 1.54) is 0 Å². The molecule has 1 saturated carbocycles. The zero-order chi connectivity index (χ0) is 25.6. The van der Waals surface area contributed by atoms with Crippen molar-refractivity contribution < 1.29 is 15.1 Å². The van der Waals surface area contributed by atoms with E-state index in [1.807, 2.05) is 18.3 Å². The second kappa shape index (κ2) is 15.8. The highest BCUT2D eigenvalue weighted by atomic mass is 16.4. The van der Waals surface area contributed by atoms with E-state index in [0.717, 1.165) is 108 Å². The van der Waals surface area contributed by atoms with Crippen LogP contribution in [0.25, 0.3) is 0 Å². The van der Waals surface area contributed by atoms with E-state index in [9.17, 15) is 15.1 Å². The molecule has 1 aromatic rings. The third-order valence-corrected chi connectivity index (χ3v) is 8.04. The number of hydrogen-bond donors (Lipinski definition) is 2. The normalized spacial score (nSPS) is 24.6. The molecule has 36 heavy (non-hydrogen) atoms. The Morgan fingerprint density at radius 1 is 1.19 bits per heavy atom. The van der Waals surface area contributed by atoms with Crippen molar-refractivity contribution in [1.29, 1.82) is 0 Å². The third kappa shape index (κ3) is 8.72. The minimum atomic E-state index is -0.373. The summed E-state index contributed by atoms with van der Waals surface area (Å²) in [7, 11) is 0. The van der Waals surface area contributed by atoms with Crippen LogP contribution in [0.4, 0.5) is 0 Å². The van der Waals surface area contributed by atoms with Crippen LogP contribution in [0.2, 0.25) is 0 Å². The van der Waals surface area contributed by atoms with Crippen LogP contribution in [0, 0.1) is 11.8 Å². The summed E-state index contributed by atoms with van der Waals surface area (Å²) in [4.78, 5) is 19.3.